The molecule has 0 saturated heterocycles. The molecule has 0 aliphatic carbocycles. The van der Waals surface area contributed by atoms with Crippen molar-refractivity contribution in [2.45, 2.75) is 119 Å². The third-order valence-electron chi connectivity index (χ3n) is 21.1. The molecule has 130 heavy (non-hydrogen) atoms. The summed E-state index contributed by atoms with van der Waals surface area (Å²) in [4.78, 5) is 114. The van der Waals surface area contributed by atoms with Crippen LogP contribution in [0.25, 0.3) is 110 Å². The molecule has 10 heterocycles. The fourth-order valence-corrected chi connectivity index (χ4v) is 13.6. The van der Waals surface area contributed by atoms with Gasteiger partial charge in [-0.1, -0.05) is 142 Å². The number of nitrogens with two attached hydrogens (primary N) is 6. The Morgan fingerprint density at radius 3 is 0.946 bits per heavy atom. The van der Waals surface area contributed by atoms with Gasteiger partial charge in [-0.25, -0.2) is 49.8 Å². The summed E-state index contributed by atoms with van der Waals surface area (Å²) in [6.45, 7) is 16.8. The van der Waals surface area contributed by atoms with Crippen LogP contribution in [0.4, 0.5) is 58.2 Å². The van der Waals surface area contributed by atoms with E-state index in [-0.39, 0.29) is 49.8 Å². The van der Waals surface area contributed by atoms with Crippen LogP contribution in [0.1, 0.15) is 108 Å². The molecule has 6 amide bonds. The van der Waals surface area contributed by atoms with E-state index < -0.39 is 28.7 Å². The summed E-state index contributed by atoms with van der Waals surface area (Å²) >= 11 is 0. The van der Waals surface area contributed by atoms with E-state index in [1.807, 2.05) is 166 Å². The number of pyridine rings is 10. The number of hydrogen-bond acceptors (Lipinski definition) is 25. The van der Waals surface area contributed by atoms with E-state index in [2.05, 4.69) is 115 Å². The lowest BCUT2D eigenvalue weighted by Crippen LogP contribution is -2.39. The van der Waals surface area contributed by atoms with Crippen LogP contribution >= 0.6 is 0 Å². The molecule has 0 bridgehead atoms. The first-order valence-electron chi connectivity index (χ1n) is 41.5. The largest absolute Gasteiger partial charge is 0.383 e. The Labute approximate surface area is 750 Å². The fraction of sp³-hybridized carbons (Fsp3) is 0.202. The van der Waals surface area contributed by atoms with Crippen molar-refractivity contribution < 1.29 is 33.5 Å². The van der Waals surface area contributed by atoms with Crippen LogP contribution in [0.15, 0.2) is 213 Å². The van der Waals surface area contributed by atoms with Gasteiger partial charge in [0.05, 0.1) is 46.7 Å². The van der Waals surface area contributed by atoms with Crippen molar-refractivity contribution in [3.8, 4) is 74.5 Å². The minimum atomic E-state index is -1.14. The fourth-order valence-electron chi connectivity index (χ4n) is 13.6. The number of primary amides is 1. The van der Waals surface area contributed by atoms with Crippen molar-refractivity contribution in [3.63, 3.8) is 0 Å². The van der Waals surface area contributed by atoms with E-state index in [0.717, 1.165) is 130 Å². The maximum Gasteiger partial charge on any atom is 0.257 e. The lowest BCUT2D eigenvalue weighted by atomic mass is 9.95. The molecule has 10 aromatic heterocycles. The van der Waals surface area contributed by atoms with Gasteiger partial charge < -0.3 is 65.7 Å². The number of amides is 6. The average molecular weight is 1740 g/mol. The highest BCUT2D eigenvalue weighted by molar-refractivity contribution is 6.04. The summed E-state index contributed by atoms with van der Waals surface area (Å²) in [5.74, 6) is 1.81. The third-order valence-corrected chi connectivity index (χ3v) is 21.1. The zero-order chi connectivity index (χ0) is 93.5. The highest BCUT2D eigenvalue weighted by Gasteiger charge is 2.29. The molecular weight excluding hydrogens is 1640 g/mol. The Hall–Kier alpha value is -16.9. The lowest BCUT2D eigenvalue weighted by Gasteiger charge is -2.21. The monoisotopic (exact) mass is 1730 g/mol. The number of nitrogen functional groups attached to an aromatic ring is 5. The molecule has 656 valence electrons. The summed E-state index contributed by atoms with van der Waals surface area (Å²) < 4.78 is 5.20. The first-order chi connectivity index (χ1) is 62.3. The average Bonchev–Trinajstić information content (AvgIpc) is 0.806. The van der Waals surface area contributed by atoms with E-state index in [0.29, 0.717) is 69.0 Å². The highest BCUT2D eigenvalue weighted by Crippen LogP contribution is 2.36. The second-order valence-electron chi connectivity index (χ2n) is 31.0. The van der Waals surface area contributed by atoms with E-state index in [9.17, 15) is 28.8 Å². The minimum Gasteiger partial charge on any atom is -0.383 e. The number of aromatic nitrogens is 10. The molecule has 0 unspecified atom stereocenters. The summed E-state index contributed by atoms with van der Waals surface area (Å²) in [7, 11) is 1.49. The van der Waals surface area contributed by atoms with E-state index in [1.54, 1.807) is 89.0 Å². The standard InChI is InChI=1S/C20H21N5O2.2C20H19N5O.C20H22N4O2.C19H17N5O/c1-2-12-5-3-4-6-14(12)16-9-13-10-18(23-11-15(13)20(22)24-16)25-19(27)8-7-17(21)26;1-12-6-4-5-7-14(12)16-8-13-9-17(23-10-15(13)18(22)24-16)25-19(26)20(2,3)11-21;1-2-13-6-3-4-7-15(13)17-10-14-11-18(25-19(26)8-5-9-21)23-12-16(14)20(22)24-17;1-12-7-5-6-8-14(12)16-9-13-10-17(22-11-15(13)18(21)23-16)24-19(25)20(2,3)26-4;1-2-12-5-3-4-6-14(12)16-9-13-10-17(24-18(25)7-8-20)22-11-15(13)19(21)23-16/h3-6,9-11H,2,7-8H2,1H3,(H2,21,26)(H2,22,24)(H,23,25,27);4-10H,1-3H3,(H2,22,24)(H,23,25,26);3-4,6-7,10-12H,2,5,8H2,1H3,(H2,22,24)(H,23,25,26);5-11H,1-4H3,(H2,21,23)(H,22,24,25);3-6,9-11H,2,7H2,1H3,(H2,21,23)(H,22,24,25). The molecule has 17 N–H and O–H groups in total. The van der Waals surface area contributed by atoms with Crippen LogP contribution < -0.4 is 61.0 Å². The number of fused-ring (bicyclic) bond motifs is 5. The molecule has 15 rings (SSSR count). The normalized spacial score (nSPS) is 10.9. The second kappa shape index (κ2) is 42.7. The number of ether oxygens (including phenoxy) is 1. The number of benzene rings is 5. The van der Waals surface area contributed by atoms with Gasteiger partial charge in [0.2, 0.25) is 29.5 Å². The molecular formula is C99H98N24O7. The predicted molar refractivity (Wildman–Crippen MR) is 512 cm³/mol. The quantitative estimate of drug-likeness (QED) is 0.0300. The van der Waals surface area contributed by atoms with Gasteiger partial charge in [-0.3, -0.25) is 28.8 Å². The number of carbonyl (C=O) groups is 6. The second-order valence-corrected chi connectivity index (χ2v) is 31.0. The molecule has 0 spiro atoms. The Bertz CT molecular complexity index is 6960. The zero-order valence-electron chi connectivity index (χ0n) is 73.5. The number of anilines is 10. The van der Waals surface area contributed by atoms with Crippen LogP contribution in [0.2, 0.25) is 0 Å². The molecule has 31 heteroatoms. The topological polar surface area (TPSA) is 528 Å². The number of nitrogens with one attached hydrogen (secondary N) is 5. The molecule has 0 saturated carbocycles. The summed E-state index contributed by atoms with van der Waals surface area (Å²) in [5.41, 5.74) is 48.3. The van der Waals surface area contributed by atoms with Crippen LogP contribution in [0.3, 0.4) is 0 Å². The number of hydrogen-bond donors (Lipinski definition) is 11. The number of nitriles is 3. The van der Waals surface area contributed by atoms with Crippen LogP contribution in [0.5, 0.6) is 0 Å². The molecule has 0 aliphatic rings. The van der Waals surface area contributed by atoms with Gasteiger partial charge in [0.15, 0.2) is 0 Å². The molecule has 0 radical (unpaired) electrons. The minimum absolute atomic E-state index is 0.00572. The van der Waals surface area contributed by atoms with Crippen molar-refractivity contribution >= 4 is 147 Å². The first kappa shape index (κ1) is 93.8. The Kier molecular flexibility index (Phi) is 30.8. The van der Waals surface area contributed by atoms with Crippen molar-refractivity contribution in [1.82, 2.24) is 49.8 Å². The zero-order valence-corrected chi connectivity index (χ0v) is 73.5. The lowest BCUT2D eigenvalue weighted by molar-refractivity contribution is -0.133. The van der Waals surface area contributed by atoms with Crippen LogP contribution in [0, 0.1) is 53.3 Å². The maximum atomic E-state index is 12.3. The van der Waals surface area contributed by atoms with Gasteiger partial charge in [0.25, 0.3) is 5.91 Å². The third kappa shape index (κ3) is 23.6. The van der Waals surface area contributed by atoms with Crippen molar-refractivity contribution in [2.24, 2.45) is 11.1 Å². The number of methoxy groups -OCH3 is 1. The van der Waals surface area contributed by atoms with Gasteiger partial charge in [-0.15, -0.1) is 0 Å². The molecule has 0 aliphatic heterocycles. The molecule has 5 aromatic carbocycles. The number of carbonyl (C=O) groups excluding carboxylic acids is 6. The molecule has 0 atom stereocenters. The Balaban J connectivity index is 0.000000157. The number of nitrogens with zero attached hydrogens (tertiary/aromatic N) is 13. The Morgan fingerprint density at radius 2 is 0.654 bits per heavy atom. The van der Waals surface area contributed by atoms with Crippen molar-refractivity contribution in [1.29, 1.82) is 15.8 Å². The van der Waals surface area contributed by atoms with Gasteiger partial charge in [0, 0.05) is 119 Å². The molecule has 31 nitrogen and oxygen atoms in total. The van der Waals surface area contributed by atoms with Gasteiger partial charge in [0.1, 0.15) is 75.6 Å². The van der Waals surface area contributed by atoms with Crippen LogP contribution in [-0.4, -0.2) is 98.0 Å². The maximum absolute atomic E-state index is 12.3. The van der Waals surface area contributed by atoms with Gasteiger partial charge in [-0.05, 0) is 176 Å². The van der Waals surface area contributed by atoms with Gasteiger partial charge >= 0.3 is 0 Å². The van der Waals surface area contributed by atoms with E-state index in [1.165, 1.54) is 23.8 Å². The van der Waals surface area contributed by atoms with Crippen molar-refractivity contribution in [3.05, 3.63) is 241 Å². The summed E-state index contributed by atoms with van der Waals surface area (Å²) in [6.07, 6.45) is 10.7. The van der Waals surface area contributed by atoms with E-state index in [4.69, 9.17) is 54.9 Å². The predicted octanol–water partition coefficient (Wildman–Crippen LogP) is 16.8. The van der Waals surface area contributed by atoms with E-state index >= 15 is 0 Å². The van der Waals surface area contributed by atoms with Crippen molar-refractivity contribution in [2.75, 3.05) is 62.4 Å². The summed E-state index contributed by atoms with van der Waals surface area (Å²) in [5, 5.41) is 47.5. The van der Waals surface area contributed by atoms with Crippen LogP contribution in [-0.2, 0) is 52.8 Å². The van der Waals surface area contributed by atoms with Gasteiger partial charge in [-0.2, -0.15) is 15.8 Å². The summed E-state index contributed by atoms with van der Waals surface area (Å²) in [6, 6.07) is 64.3. The number of rotatable bonds is 22. The number of aryl methyl sites for hydroxylation is 5. The smallest absolute Gasteiger partial charge is 0.257 e. The highest BCUT2D eigenvalue weighted by atomic mass is 16.5. The molecule has 0 fully saturated rings. The Morgan fingerprint density at radius 1 is 0.369 bits per heavy atom. The SMILES string of the molecule is CCc1ccccc1-c1cc2cc(NC(=O)CC#N)ncc2c(N)n1.CCc1ccccc1-c1cc2cc(NC(=O)CCC#N)ncc2c(N)n1.CCc1ccccc1-c1cc2cc(NC(=O)CCC(N)=O)ncc2c(N)n1.COC(C)(C)C(=O)Nc1cc2cc(-c3ccccc3C)nc(N)c2cn1.Cc1ccccc1-c1cc2cc(NC(=O)C(C)(C)C#N)ncc2c(N)n1. The first-order valence-corrected chi connectivity index (χ1v) is 41.5. The molecule has 15 aromatic rings.